The van der Waals surface area contributed by atoms with Crippen molar-refractivity contribution in [2.75, 3.05) is 0 Å². The van der Waals surface area contributed by atoms with Gasteiger partial charge in [-0.3, -0.25) is 4.79 Å². The molecule has 2 aliphatic heterocycles. The summed E-state index contributed by atoms with van der Waals surface area (Å²) in [5.74, 6) is -1.15. The van der Waals surface area contributed by atoms with Crippen molar-refractivity contribution < 1.29 is 23.8 Å². The third kappa shape index (κ3) is 2.46. The predicted molar refractivity (Wildman–Crippen MR) is 82.5 cm³/mol. The van der Waals surface area contributed by atoms with Crippen molar-refractivity contribution in [2.24, 2.45) is 5.41 Å². The molecule has 0 amide bonds. The third-order valence-electron chi connectivity index (χ3n) is 5.72. The molecule has 2 aliphatic rings. The van der Waals surface area contributed by atoms with E-state index >= 15 is 0 Å². The lowest BCUT2D eigenvalue weighted by Crippen LogP contribution is -2.48. The Kier molecular flexibility index (Phi) is 3.76. The van der Waals surface area contributed by atoms with Crippen LogP contribution < -0.4 is 0 Å². The highest BCUT2D eigenvalue weighted by atomic mass is 19.1. The Morgan fingerprint density at radius 3 is 2.78 bits per heavy atom. The molecule has 1 aromatic rings. The molecule has 4 nitrogen and oxygen atoms in total. The number of carboxylic acid groups (broad SMARTS) is 1. The molecule has 126 valence electrons. The number of hydrogen-bond acceptors (Lipinski definition) is 3. The molecule has 2 saturated heterocycles. The highest BCUT2D eigenvalue weighted by molar-refractivity contribution is 5.75. The first kappa shape index (κ1) is 16.4. The number of carbonyl (C=O) groups is 1. The Morgan fingerprint density at radius 2 is 2.13 bits per heavy atom. The summed E-state index contributed by atoms with van der Waals surface area (Å²) >= 11 is 0. The monoisotopic (exact) mass is 322 g/mol. The number of ether oxygens (including phenoxy) is 2. The number of hydrogen-bond donors (Lipinski definition) is 1. The van der Waals surface area contributed by atoms with Gasteiger partial charge in [-0.25, -0.2) is 4.39 Å². The van der Waals surface area contributed by atoms with Gasteiger partial charge in [0.1, 0.15) is 5.82 Å². The highest BCUT2D eigenvalue weighted by Crippen LogP contribution is 2.59. The van der Waals surface area contributed by atoms with Crippen LogP contribution in [0.4, 0.5) is 4.39 Å². The van der Waals surface area contributed by atoms with Crippen LogP contribution in [0.3, 0.4) is 0 Å². The highest BCUT2D eigenvalue weighted by Gasteiger charge is 2.67. The van der Waals surface area contributed by atoms with E-state index < -0.39 is 22.6 Å². The maximum atomic E-state index is 13.7. The second-order valence-corrected chi connectivity index (χ2v) is 7.43. The summed E-state index contributed by atoms with van der Waals surface area (Å²) in [6, 6.07) is 6.52. The number of carboxylic acids is 1. The lowest BCUT2D eigenvalue weighted by Gasteiger charge is -2.38. The minimum Gasteiger partial charge on any atom is -0.481 e. The third-order valence-corrected chi connectivity index (χ3v) is 5.72. The number of rotatable bonds is 5. The molecule has 0 unspecified atom stereocenters. The molecule has 3 rings (SSSR count). The summed E-state index contributed by atoms with van der Waals surface area (Å²) in [5.41, 5.74) is -1.70. The second kappa shape index (κ2) is 5.28. The van der Waals surface area contributed by atoms with Crippen molar-refractivity contribution in [3.63, 3.8) is 0 Å². The van der Waals surface area contributed by atoms with Crippen LogP contribution in [-0.4, -0.2) is 28.4 Å². The van der Waals surface area contributed by atoms with Crippen molar-refractivity contribution >= 4 is 5.97 Å². The Labute approximate surface area is 135 Å². The van der Waals surface area contributed by atoms with E-state index in [-0.39, 0.29) is 18.5 Å². The lowest BCUT2D eigenvalue weighted by molar-refractivity contribution is -0.169. The van der Waals surface area contributed by atoms with Crippen LogP contribution >= 0.6 is 0 Å². The Morgan fingerprint density at radius 1 is 1.43 bits per heavy atom. The molecule has 2 bridgehead atoms. The van der Waals surface area contributed by atoms with E-state index in [1.54, 1.807) is 32.0 Å². The van der Waals surface area contributed by atoms with Gasteiger partial charge in [-0.15, -0.1) is 0 Å². The topological polar surface area (TPSA) is 55.8 Å². The summed E-state index contributed by atoms with van der Waals surface area (Å²) < 4.78 is 25.9. The van der Waals surface area contributed by atoms with Crippen LogP contribution in [0.2, 0.25) is 0 Å². The first-order valence-electron chi connectivity index (χ1n) is 7.99. The molecule has 0 aliphatic carbocycles. The van der Waals surface area contributed by atoms with Gasteiger partial charge in [-0.2, -0.15) is 0 Å². The SMILES string of the molecule is CC(C)(C(=O)O)[C@@]12CC[C@@](C)(O1)[C@@H](OCc1ccccc1F)C2. The van der Waals surface area contributed by atoms with E-state index in [2.05, 4.69) is 0 Å². The summed E-state index contributed by atoms with van der Waals surface area (Å²) in [7, 11) is 0. The molecule has 3 atom stereocenters. The first-order valence-corrected chi connectivity index (χ1v) is 7.99. The maximum absolute atomic E-state index is 13.7. The smallest absolute Gasteiger partial charge is 0.312 e. The van der Waals surface area contributed by atoms with E-state index in [9.17, 15) is 14.3 Å². The fourth-order valence-electron chi connectivity index (χ4n) is 3.82. The van der Waals surface area contributed by atoms with Gasteiger partial charge in [0.2, 0.25) is 0 Å². The van der Waals surface area contributed by atoms with Gasteiger partial charge in [-0.05, 0) is 39.7 Å². The quantitative estimate of drug-likeness (QED) is 0.901. The molecule has 0 aromatic heterocycles. The summed E-state index contributed by atoms with van der Waals surface area (Å²) in [6.07, 6.45) is 1.76. The second-order valence-electron chi connectivity index (χ2n) is 7.43. The van der Waals surface area contributed by atoms with Gasteiger partial charge >= 0.3 is 5.97 Å². The van der Waals surface area contributed by atoms with Crippen molar-refractivity contribution in [2.45, 2.75) is 63.9 Å². The zero-order valence-electron chi connectivity index (χ0n) is 13.8. The molecule has 1 N–H and O–H groups in total. The minimum atomic E-state index is -0.985. The van der Waals surface area contributed by atoms with E-state index in [1.807, 2.05) is 6.92 Å². The number of aliphatic carboxylic acids is 1. The molecular weight excluding hydrogens is 299 g/mol. The van der Waals surface area contributed by atoms with E-state index in [0.717, 1.165) is 6.42 Å². The molecule has 0 spiro atoms. The summed E-state index contributed by atoms with van der Waals surface area (Å²) in [6.45, 7) is 5.55. The molecule has 23 heavy (non-hydrogen) atoms. The predicted octanol–water partition coefficient (Wildman–Crippen LogP) is 3.53. The molecule has 5 heteroatoms. The number of fused-ring (bicyclic) bond motifs is 2. The Hall–Kier alpha value is -1.46. The molecule has 0 saturated carbocycles. The van der Waals surface area contributed by atoms with Gasteiger partial charge in [0, 0.05) is 12.0 Å². The molecule has 2 heterocycles. The van der Waals surface area contributed by atoms with Crippen LogP contribution in [0.5, 0.6) is 0 Å². The lowest BCUT2D eigenvalue weighted by atomic mass is 9.67. The van der Waals surface area contributed by atoms with E-state index in [4.69, 9.17) is 9.47 Å². The summed E-state index contributed by atoms with van der Waals surface area (Å²) in [5, 5.41) is 9.56. The van der Waals surface area contributed by atoms with Crippen molar-refractivity contribution in [1.82, 2.24) is 0 Å². The molecular formula is C18H23FO4. The van der Waals surface area contributed by atoms with Crippen LogP contribution in [0, 0.1) is 11.2 Å². The normalized spacial score (nSPS) is 33.1. The van der Waals surface area contributed by atoms with Crippen molar-refractivity contribution in [1.29, 1.82) is 0 Å². The Bertz CT molecular complexity index is 629. The largest absolute Gasteiger partial charge is 0.481 e. The van der Waals surface area contributed by atoms with Crippen molar-refractivity contribution in [3.05, 3.63) is 35.6 Å². The van der Waals surface area contributed by atoms with Crippen LogP contribution in [0.1, 0.15) is 45.6 Å². The molecule has 2 fully saturated rings. The number of halogens is 1. The van der Waals surface area contributed by atoms with Gasteiger partial charge in [0.15, 0.2) is 0 Å². The zero-order chi connectivity index (χ0) is 16.9. The zero-order valence-corrected chi connectivity index (χ0v) is 13.8. The first-order chi connectivity index (χ1) is 10.7. The van der Waals surface area contributed by atoms with Crippen LogP contribution in [0.15, 0.2) is 24.3 Å². The van der Waals surface area contributed by atoms with Crippen molar-refractivity contribution in [3.8, 4) is 0 Å². The average Bonchev–Trinajstić information content (AvgIpc) is 2.99. The number of benzene rings is 1. The standard InChI is InChI=1S/C18H23FO4/c1-16(2,15(20)21)18-9-8-17(3,23-18)14(10-18)22-11-12-6-4-5-7-13(12)19/h4-7,14H,8-11H2,1-3H3,(H,20,21)/t14-,17+,18-/m0/s1. The average molecular weight is 322 g/mol. The Balaban J connectivity index is 1.76. The summed E-state index contributed by atoms with van der Waals surface area (Å²) in [4.78, 5) is 11.7. The fourth-order valence-corrected chi connectivity index (χ4v) is 3.82. The van der Waals surface area contributed by atoms with Gasteiger partial charge in [-0.1, -0.05) is 18.2 Å². The molecule has 0 radical (unpaired) electrons. The van der Waals surface area contributed by atoms with E-state index in [1.165, 1.54) is 6.07 Å². The van der Waals surface area contributed by atoms with Crippen LogP contribution in [-0.2, 0) is 20.9 Å². The van der Waals surface area contributed by atoms with Gasteiger partial charge in [0.05, 0.1) is 29.3 Å². The van der Waals surface area contributed by atoms with Crippen LogP contribution in [0.25, 0.3) is 0 Å². The fraction of sp³-hybridized carbons (Fsp3) is 0.611. The van der Waals surface area contributed by atoms with Gasteiger partial charge < -0.3 is 14.6 Å². The minimum absolute atomic E-state index is 0.167. The maximum Gasteiger partial charge on any atom is 0.312 e. The molecule has 1 aromatic carbocycles. The van der Waals surface area contributed by atoms with E-state index in [0.29, 0.717) is 18.4 Å². The van der Waals surface area contributed by atoms with Gasteiger partial charge in [0.25, 0.3) is 0 Å².